The van der Waals surface area contributed by atoms with Crippen LogP contribution in [-0.2, 0) is 5.75 Å². The van der Waals surface area contributed by atoms with Crippen LogP contribution in [0.3, 0.4) is 0 Å². The summed E-state index contributed by atoms with van der Waals surface area (Å²) >= 11 is 5.03. The van der Waals surface area contributed by atoms with E-state index in [4.69, 9.17) is 0 Å². The molecule has 0 bridgehead atoms. The molecule has 0 saturated carbocycles. The average molecular weight is 341 g/mol. The van der Waals surface area contributed by atoms with Crippen molar-refractivity contribution in [1.29, 1.82) is 0 Å². The van der Waals surface area contributed by atoms with Crippen LogP contribution in [-0.4, -0.2) is 5.11 Å². The molecule has 0 radical (unpaired) electrons. The normalized spacial score (nSPS) is 12.4. The Balaban J connectivity index is 2.08. The Bertz CT molecular complexity index is 572. The zero-order valence-corrected chi connectivity index (χ0v) is 12.8. The largest absolute Gasteiger partial charge is 0.389 e. The molecule has 0 fully saturated rings. The molecule has 0 aromatic heterocycles. The van der Waals surface area contributed by atoms with Crippen molar-refractivity contribution in [3.05, 3.63) is 63.9 Å². The Labute approximate surface area is 125 Å². The molecule has 0 saturated heterocycles. The van der Waals surface area contributed by atoms with Crippen LogP contribution in [0.25, 0.3) is 0 Å². The molecule has 1 nitrogen and oxygen atoms in total. The third-order valence-corrected chi connectivity index (χ3v) is 4.53. The Morgan fingerprint density at radius 1 is 1.26 bits per heavy atom. The van der Waals surface area contributed by atoms with Gasteiger partial charge in [-0.05, 0) is 42.3 Å². The molecule has 1 atom stereocenters. The average Bonchev–Trinajstić information content (AvgIpc) is 2.38. The Morgan fingerprint density at radius 2 is 2.05 bits per heavy atom. The van der Waals surface area contributed by atoms with Gasteiger partial charge in [0.2, 0.25) is 0 Å². The second-order valence-electron chi connectivity index (χ2n) is 4.27. The van der Waals surface area contributed by atoms with Gasteiger partial charge in [0.05, 0.1) is 6.10 Å². The van der Waals surface area contributed by atoms with Crippen molar-refractivity contribution in [3.8, 4) is 0 Å². The maximum atomic E-state index is 13.0. The molecule has 100 valence electrons. The van der Waals surface area contributed by atoms with Crippen molar-refractivity contribution in [2.45, 2.75) is 23.7 Å². The van der Waals surface area contributed by atoms with Gasteiger partial charge in [0.25, 0.3) is 0 Å². The highest BCUT2D eigenvalue weighted by Gasteiger charge is 2.05. The fourth-order valence-electron chi connectivity index (χ4n) is 1.66. The zero-order valence-electron chi connectivity index (χ0n) is 10.4. The second kappa shape index (κ2) is 6.55. The summed E-state index contributed by atoms with van der Waals surface area (Å²) in [5.74, 6) is 0.515. The lowest BCUT2D eigenvalue weighted by Crippen LogP contribution is -1.90. The van der Waals surface area contributed by atoms with Gasteiger partial charge in [-0.15, -0.1) is 11.8 Å². The molecule has 0 aliphatic heterocycles. The molecular formula is C15H14BrFOS. The number of halogens is 2. The molecule has 19 heavy (non-hydrogen) atoms. The summed E-state index contributed by atoms with van der Waals surface area (Å²) in [4.78, 5) is 1.09. The maximum Gasteiger partial charge on any atom is 0.124 e. The van der Waals surface area contributed by atoms with Gasteiger partial charge in [0, 0.05) is 15.1 Å². The summed E-state index contributed by atoms with van der Waals surface area (Å²) < 4.78 is 13.8. The van der Waals surface area contributed by atoms with Crippen molar-refractivity contribution < 1.29 is 9.50 Å². The highest BCUT2D eigenvalue weighted by molar-refractivity contribution is 9.10. The van der Waals surface area contributed by atoms with Crippen LogP contribution in [0.2, 0.25) is 0 Å². The lowest BCUT2D eigenvalue weighted by Gasteiger charge is -2.08. The molecule has 2 aromatic carbocycles. The van der Waals surface area contributed by atoms with Crippen LogP contribution < -0.4 is 0 Å². The number of benzene rings is 2. The van der Waals surface area contributed by atoms with Crippen molar-refractivity contribution >= 4 is 27.7 Å². The molecule has 0 amide bonds. The second-order valence-corrected chi connectivity index (χ2v) is 6.18. The first kappa shape index (κ1) is 14.6. The van der Waals surface area contributed by atoms with E-state index >= 15 is 0 Å². The van der Waals surface area contributed by atoms with Gasteiger partial charge in [-0.1, -0.05) is 34.1 Å². The summed E-state index contributed by atoms with van der Waals surface area (Å²) in [6.07, 6.45) is -0.460. The summed E-state index contributed by atoms with van der Waals surface area (Å²) in [7, 11) is 0. The van der Waals surface area contributed by atoms with Crippen molar-refractivity contribution in [2.24, 2.45) is 0 Å². The van der Waals surface area contributed by atoms with E-state index in [1.165, 1.54) is 12.1 Å². The van der Waals surface area contributed by atoms with E-state index in [1.807, 2.05) is 24.3 Å². The van der Waals surface area contributed by atoms with Crippen LogP contribution in [0, 0.1) is 5.82 Å². The van der Waals surface area contributed by atoms with Crippen LogP contribution in [0.5, 0.6) is 0 Å². The topological polar surface area (TPSA) is 20.2 Å². The van der Waals surface area contributed by atoms with Crippen molar-refractivity contribution in [1.82, 2.24) is 0 Å². The molecule has 2 aromatic rings. The predicted molar refractivity (Wildman–Crippen MR) is 80.7 cm³/mol. The van der Waals surface area contributed by atoms with Gasteiger partial charge in [0.15, 0.2) is 0 Å². The lowest BCUT2D eigenvalue weighted by molar-refractivity contribution is 0.199. The SMILES string of the molecule is CC(O)c1cccc(SCc2ccc(F)cc2Br)c1. The summed E-state index contributed by atoms with van der Waals surface area (Å²) in [6, 6.07) is 12.5. The molecule has 4 heteroatoms. The molecule has 0 aliphatic carbocycles. The Kier molecular flexibility index (Phi) is 5.02. The number of thioether (sulfide) groups is 1. The predicted octanol–water partition coefficient (Wildman–Crippen LogP) is 4.93. The minimum Gasteiger partial charge on any atom is -0.389 e. The molecule has 1 N–H and O–H groups in total. The molecule has 0 spiro atoms. The lowest BCUT2D eigenvalue weighted by atomic mass is 10.1. The monoisotopic (exact) mass is 340 g/mol. The Hall–Kier alpha value is -0.840. The summed E-state index contributed by atoms with van der Waals surface area (Å²) in [5.41, 5.74) is 1.96. The van der Waals surface area contributed by atoms with E-state index in [0.717, 1.165) is 26.2 Å². The van der Waals surface area contributed by atoms with E-state index in [2.05, 4.69) is 15.9 Å². The Morgan fingerprint density at radius 3 is 2.74 bits per heavy atom. The third kappa shape index (κ3) is 4.06. The number of aliphatic hydroxyl groups excluding tert-OH is 1. The minimum absolute atomic E-state index is 0.239. The molecule has 0 aliphatic rings. The van der Waals surface area contributed by atoms with Crippen molar-refractivity contribution in [3.63, 3.8) is 0 Å². The molecule has 0 heterocycles. The highest BCUT2D eigenvalue weighted by atomic mass is 79.9. The van der Waals surface area contributed by atoms with Crippen LogP contribution >= 0.6 is 27.7 Å². The van der Waals surface area contributed by atoms with Crippen LogP contribution in [0.15, 0.2) is 51.8 Å². The molecule has 2 rings (SSSR count). The fraction of sp³-hybridized carbons (Fsp3) is 0.200. The zero-order chi connectivity index (χ0) is 13.8. The van der Waals surface area contributed by atoms with E-state index in [0.29, 0.717) is 0 Å². The maximum absolute atomic E-state index is 13.0. The summed E-state index contributed by atoms with van der Waals surface area (Å²) in [6.45, 7) is 1.75. The van der Waals surface area contributed by atoms with Gasteiger partial charge < -0.3 is 5.11 Å². The van der Waals surface area contributed by atoms with Crippen molar-refractivity contribution in [2.75, 3.05) is 0 Å². The fourth-order valence-corrected chi connectivity index (χ4v) is 3.31. The van der Waals surface area contributed by atoms with Gasteiger partial charge in [-0.25, -0.2) is 4.39 Å². The van der Waals surface area contributed by atoms with E-state index < -0.39 is 6.10 Å². The molecule has 1 unspecified atom stereocenters. The smallest absolute Gasteiger partial charge is 0.124 e. The molecular weight excluding hydrogens is 327 g/mol. The number of rotatable bonds is 4. The van der Waals surface area contributed by atoms with Gasteiger partial charge in [-0.3, -0.25) is 0 Å². The number of aliphatic hydroxyl groups is 1. The van der Waals surface area contributed by atoms with Gasteiger partial charge in [-0.2, -0.15) is 0 Å². The van der Waals surface area contributed by atoms with E-state index in [-0.39, 0.29) is 5.82 Å². The minimum atomic E-state index is -0.460. The first-order valence-electron chi connectivity index (χ1n) is 5.91. The standard InChI is InChI=1S/C15H14BrFOS/c1-10(18)11-3-2-4-14(7-11)19-9-12-5-6-13(17)8-15(12)16/h2-8,10,18H,9H2,1H3. The van der Waals surface area contributed by atoms with E-state index in [1.54, 1.807) is 24.8 Å². The van der Waals surface area contributed by atoms with Gasteiger partial charge >= 0.3 is 0 Å². The third-order valence-electron chi connectivity index (χ3n) is 2.75. The number of hydrogen-bond donors (Lipinski definition) is 1. The van der Waals surface area contributed by atoms with Crippen LogP contribution in [0.4, 0.5) is 4.39 Å². The van der Waals surface area contributed by atoms with E-state index in [9.17, 15) is 9.50 Å². The summed E-state index contributed by atoms with van der Waals surface area (Å²) in [5, 5.41) is 9.55. The number of hydrogen-bond acceptors (Lipinski definition) is 2. The quantitative estimate of drug-likeness (QED) is 0.796. The highest BCUT2D eigenvalue weighted by Crippen LogP contribution is 2.28. The first-order chi connectivity index (χ1) is 9.06. The van der Waals surface area contributed by atoms with Crippen LogP contribution in [0.1, 0.15) is 24.2 Å². The first-order valence-corrected chi connectivity index (χ1v) is 7.69. The van der Waals surface area contributed by atoms with Gasteiger partial charge in [0.1, 0.15) is 5.82 Å².